The number of amides is 1. The highest BCUT2D eigenvalue weighted by atomic mass is 35.5. The minimum atomic E-state index is -0.339. The summed E-state index contributed by atoms with van der Waals surface area (Å²) in [5.41, 5.74) is 1.18. The lowest BCUT2D eigenvalue weighted by Crippen LogP contribution is -2.23. The molecule has 122 valence electrons. The predicted molar refractivity (Wildman–Crippen MR) is 88.9 cm³/mol. The SMILES string of the molecule is COc1ccc(Cl)cc1C(=O)NCc1nc(-c2ccccc2)no1. The van der Waals surface area contributed by atoms with Crippen LogP contribution in [0.15, 0.2) is 53.1 Å². The van der Waals surface area contributed by atoms with Gasteiger partial charge in [0, 0.05) is 10.6 Å². The van der Waals surface area contributed by atoms with Crippen LogP contribution in [0.4, 0.5) is 0 Å². The van der Waals surface area contributed by atoms with Gasteiger partial charge in [-0.1, -0.05) is 47.1 Å². The van der Waals surface area contributed by atoms with Crippen LogP contribution in [0.5, 0.6) is 5.75 Å². The Kier molecular flexibility index (Phi) is 4.77. The van der Waals surface area contributed by atoms with Gasteiger partial charge in [0.2, 0.25) is 11.7 Å². The number of hydrogen-bond donors (Lipinski definition) is 1. The molecule has 1 aromatic heterocycles. The zero-order valence-corrected chi connectivity index (χ0v) is 13.6. The molecule has 3 aromatic rings. The summed E-state index contributed by atoms with van der Waals surface area (Å²) in [6.45, 7) is 0.105. The number of nitrogens with zero attached hydrogens (tertiary/aromatic N) is 2. The average molecular weight is 344 g/mol. The largest absolute Gasteiger partial charge is 0.496 e. The molecular weight excluding hydrogens is 330 g/mol. The standard InChI is InChI=1S/C17H14ClN3O3/c1-23-14-8-7-12(18)9-13(14)17(22)19-10-15-20-16(21-24-15)11-5-3-2-4-6-11/h2-9H,10H2,1H3,(H,19,22). The van der Waals surface area contributed by atoms with Gasteiger partial charge in [-0.3, -0.25) is 4.79 Å². The predicted octanol–water partition coefficient (Wildman–Crippen LogP) is 3.33. The Bertz CT molecular complexity index is 849. The number of rotatable bonds is 5. The van der Waals surface area contributed by atoms with Crippen LogP contribution >= 0.6 is 11.6 Å². The van der Waals surface area contributed by atoms with Crippen LogP contribution < -0.4 is 10.1 Å². The molecule has 0 saturated carbocycles. The highest BCUT2D eigenvalue weighted by molar-refractivity contribution is 6.31. The minimum absolute atomic E-state index is 0.105. The van der Waals surface area contributed by atoms with Crippen LogP contribution in [-0.4, -0.2) is 23.2 Å². The number of halogens is 1. The number of methoxy groups -OCH3 is 1. The first-order chi connectivity index (χ1) is 11.7. The molecule has 0 unspecified atom stereocenters. The lowest BCUT2D eigenvalue weighted by molar-refractivity contribution is 0.0943. The Morgan fingerprint density at radius 3 is 2.79 bits per heavy atom. The van der Waals surface area contributed by atoms with E-state index >= 15 is 0 Å². The van der Waals surface area contributed by atoms with E-state index in [1.807, 2.05) is 30.3 Å². The van der Waals surface area contributed by atoms with Crippen molar-refractivity contribution in [2.45, 2.75) is 6.54 Å². The lowest BCUT2D eigenvalue weighted by Gasteiger charge is -2.08. The first kappa shape index (κ1) is 16.0. The van der Waals surface area contributed by atoms with Gasteiger partial charge in [0.25, 0.3) is 5.91 Å². The smallest absolute Gasteiger partial charge is 0.255 e. The number of nitrogens with one attached hydrogen (secondary N) is 1. The van der Waals surface area contributed by atoms with Gasteiger partial charge in [0.1, 0.15) is 5.75 Å². The van der Waals surface area contributed by atoms with Gasteiger partial charge in [-0.2, -0.15) is 4.98 Å². The number of hydrogen-bond acceptors (Lipinski definition) is 5. The number of ether oxygens (including phenoxy) is 1. The molecular formula is C17H14ClN3O3. The van der Waals surface area contributed by atoms with Crippen LogP contribution in [0.1, 0.15) is 16.2 Å². The number of benzene rings is 2. The monoisotopic (exact) mass is 343 g/mol. The minimum Gasteiger partial charge on any atom is -0.496 e. The van der Waals surface area contributed by atoms with Crippen molar-refractivity contribution < 1.29 is 14.1 Å². The Hall–Kier alpha value is -2.86. The quantitative estimate of drug-likeness (QED) is 0.768. The van der Waals surface area contributed by atoms with Crippen LogP contribution in [0.25, 0.3) is 11.4 Å². The second-order valence-corrected chi connectivity index (χ2v) is 5.34. The molecule has 7 heteroatoms. The van der Waals surface area contributed by atoms with Crippen molar-refractivity contribution in [3.63, 3.8) is 0 Å². The number of carbonyl (C=O) groups is 1. The van der Waals surface area contributed by atoms with Crippen molar-refractivity contribution in [3.05, 3.63) is 65.0 Å². The maximum atomic E-state index is 12.3. The third-order valence-corrected chi connectivity index (χ3v) is 3.54. The number of carbonyl (C=O) groups excluding carboxylic acids is 1. The van der Waals surface area contributed by atoms with Crippen LogP contribution in [0, 0.1) is 0 Å². The third-order valence-electron chi connectivity index (χ3n) is 3.31. The summed E-state index contributed by atoms with van der Waals surface area (Å²) < 4.78 is 10.3. The Morgan fingerprint density at radius 2 is 2.04 bits per heavy atom. The molecule has 6 nitrogen and oxygen atoms in total. The second kappa shape index (κ2) is 7.14. The van der Waals surface area contributed by atoms with Crippen molar-refractivity contribution >= 4 is 17.5 Å². The van der Waals surface area contributed by atoms with Crippen LogP contribution in [-0.2, 0) is 6.54 Å². The highest BCUT2D eigenvalue weighted by Crippen LogP contribution is 2.22. The van der Waals surface area contributed by atoms with E-state index in [1.54, 1.807) is 18.2 Å². The van der Waals surface area contributed by atoms with Gasteiger partial charge in [-0.25, -0.2) is 0 Å². The van der Waals surface area contributed by atoms with E-state index in [-0.39, 0.29) is 12.5 Å². The van der Waals surface area contributed by atoms with Gasteiger partial charge in [-0.05, 0) is 18.2 Å². The molecule has 0 bridgehead atoms. The maximum absolute atomic E-state index is 12.3. The zero-order valence-electron chi connectivity index (χ0n) is 12.8. The Morgan fingerprint density at radius 1 is 1.25 bits per heavy atom. The van der Waals surface area contributed by atoms with E-state index in [2.05, 4.69) is 15.5 Å². The average Bonchev–Trinajstić information content (AvgIpc) is 3.09. The molecule has 0 aliphatic rings. The van der Waals surface area contributed by atoms with Crippen LogP contribution in [0.2, 0.25) is 5.02 Å². The van der Waals surface area contributed by atoms with E-state index in [0.717, 1.165) is 5.56 Å². The van der Waals surface area contributed by atoms with E-state index in [1.165, 1.54) is 7.11 Å². The van der Waals surface area contributed by atoms with Crippen molar-refractivity contribution in [1.82, 2.24) is 15.5 Å². The molecule has 24 heavy (non-hydrogen) atoms. The van der Waals surface area contributed by atoms with Gasteiger partial charge < -0.3 is 14.6 Å². The van der Waals surface area contributed by atoms with Gasteiger partial charge in [0.15, 0.2) is 0 Å². The molecule has 1 N–H and O–H groups in total. The molecule has 3 rings (SSSR count). The first-order valence-corrected chi connectivity index (χ1v) is 7.55. The fraction of sp³-hybridized carbons (Fsp3) is 0.118. The molecule has 0 radical (unpaired) electrons. The topological polar surface area (TPSA) is 77.2 Å². The zero-order chi connectivity index (χ0) is 16.9. The van der Waals surface area contributed by atoms with E-state index in [0.29, 0.717) is 28.1 Å². The molecule has 0 spiro atoms. The number of aromatic nitrogens is 2. The summed E-state index contributed by atoms with van der Waals surface area (Å²) in [6.07, 6.45) is 0. The molecule has 1 amide bonds. The highest BCUT2D eigenvalue weighted by Gasteiger charge is 2.14. The summed E-state index contributed by atoms with van der Waals surface area (Å²) in [6, 6.07) is 14.3. The van der Waals surface area contributed by atoms with Crippen molar-refractivity contribution in [3.8, 4) is 17.1 Å². The normalized spacial score (nSPS) is 10.4. The van der Waals surface area contributed by atoms with E-state index < -0.39 is 0 Å². The summed E-state index contributed by atoms with van der Waals surface area (Å²) in [5, 5.41) is 7.06. The summed E-state index contributed by atoms with van der Waals surface area (Å²) in [5.74, 6) is 0.879. The molecule has 0 fully saturated rings. The van der Waals surface area contributed by atoms with Gasteiger partial charge in [-0.15, -0.1) is 0 Å². The third kappa shape index (κ3) is 3.55. The summed E-state index contributed by atoms with van der Waals surface area (Å²) >= 11 is 5.93. The second-order valence-electron chi connectivity index (χ2n) is 4.91. The van der Waals surface area contributed by atoms with Crippen LogP contribution in [0.3, 0.4) is 0 Å². The molecule has 0 saturated heterocycles. The first-order valence-electron chi connectivity index (χ1n) is 7.17. The molecule has 1 heterocycles. The summed E-state index contributed by atoms with van der Waals surface area (Å²) in [7, 11) is 1.49. The van der Waals surface area contributed by atoms with Crippen molar-refractivity contribution in [2.75, 3.05) is 7.11 Å². The molecule has 0 atom stereocenters. The van der Waals surface area contributed by atoms with Gasteiger partial charge >= 0.3 is 0 Å². The fourth-order valence-electron chi connectivity index (χ4n) is 2.14. The summed E-state index contributed by atoms with van der Waals surface area (Å²) in [4.78, 5) is 16.5. The Balaban J connectivity index is 1.69. The lowest BCUT2D eigenvalue weighted by atomic mass is 10.2. The van der Waals surface area contributed by atoms with E-state index in [4.69, 9.17) is 20.9 Å². The fourth-order valence-corrected chi connectivity index (χ4v) is 2.31. The van der Waals surface area contributed by atoms with E-state index in [9.17, 15) is 4.79 Å². The maximum Gasteiger partial charge on any atom is 0.255 e. The van der Waals surface area contributed by atoms with Crippen molar-refractivity contribution in [2.24, 2.45) is 0 Å². The molecule has 2 aromatic carbocycles. The Labute approximate surface area is 143 Å². The van der Waals surface area contributed by atoms with Gasteiger partial charge in [0.05, 0.1) is 19.2 Å². The molecule has 0 aliphatic heterocycles. The molecule has 0 aliphatic carbocycles. The van der Waals surface area contributed by atoms with Crippen molar-refractivity contribution in [1.29, 1.82) is 0 Å².